The number of para-hydroxylation sites is 1. The molecule has 3 aromatic carbocycles. The summed E-state index contributed by atoms with van der Waals surface area (Å²) in [5.41, 5.74) is 4.55. The molecular formula is C25H21N5O4. The van der Waals surface area contributed by atoms with E-state index in [2.05, 4.69) is 20.2 Å². The van der Waals surface area contributed by atoms with E-state index in [4.69, 9.17) is 4.74 Å². The fourth-order valence-electron chi connectivity index (χ4n) is 4.09. The summed E-state index contributed by atoms with van der Waals surface area (Å²) in [5, 5.41) is 17.5. The number of aromatic amines is 2. The minimum absolute atomic E-state index is 0.222. The van der Waals surface area contributed by atoms with E-state index in [0.717, 1.165) is 38.2 Å². The van der Waals surface area contributed by atoms with Crippen molar-refractivity contribution in [2.75, 3.05) is 19.1 Å². The lowest BCUT2D eigenvalue weighted by Crippen LogP contribution is -2.24. The van der Waals surface area contributed by atoms with Gasteiger partial charge in [0.15, 0.2) is 0 Å². The Balaban J connectivity index is 1.57. The molecule has 3 N–H and O–H groups in total. The molecule has 9 nitrogen and oxygen atoms in total. The molecule has 9 heteroatoms. The number of methoxy groups -OCH3 is 1. The highest BCUT2D eigenvalue weighted by atomic mass is 16.5. The number of ether oxygens (including phenoxy) is 1. The number of carbonyl (C=O) groups is 1. The van der Waals surface area contributed by atoms with Crippen molar-refractivity contribution in [3.05, 3.63) is 82.3 Å². The molecule has 170 valence electrons. The van der Waals surface area contributed by atoms with Gasteiger partial charge in [0.25, 0.3) is 5.56 Å². The summed E-state index contributed by atoms with van der Waals surface area (Å²) in [7, 11) is 3.05. The van der Waals surface area contributed by atoms with Gasteiger partial charge in [-0.2, -0.15) is 5.10 Å². The maximum absolute atomic E-state index is 12.1. The van der Waals surface area contributed by atoms with Crippen molar-refractivity contribution in [3.63, 3.8) is 0 Å². The van der Waals surface area contributed by atoms with E-state index in [0.29, 0.717) is 23.1 Å². The first-order chi connectivity index (χ1) is 16.5. The van der Waals surface area contributed by atoms with Gasteiger partial charge < -0.3 is 14.8 Å². The van der Waals surface area contributed by atoms with E-state index >= 15 is 0 Å². The lowest BCUT2D eigenvalue weighted by Gasteiger charge is -2.14. The van der Waals surface area contributed by atoms with Gasteiger partial charge in [-0.25, -0.2) is 14.9 Å². The van der Waals surface area contributed by atoms with Gasteiger partial charge in [0.2, 0.25) is 5.95 Å². The zero-order valence-electron chi connectivity index (χ0n) is 18.5. The van der Waals surface area contributed by atoms with Crippen LogP contribution in [0.3, 0.4) is 0 Å². The number of anilines is 1. The number of carboxylic acid groups (broad SMARTS) is 1. The molecule has 34 heavy (non-hydrogen) atoms. The van der Waals surface area contributed by atoms with Crippen molar-refractivity contribution in [2.24, 2.45) is 0 Å². The molecule has 0 saturated carbocycles. The maximum Gasteiger partial charge on any atom is 0.413 e. The average Bonchev–Trinajstić information content (AvgIpc) is 3.28. The van der Waals surface area contributed by atoms with Crippen LogP contribution in [0.2, 0.25) is 0 Å². The fourth-order valence-corrected chi connectivity index (χ4v) is 4.09. The second-order valence-corrected chi connectivity index (χ2v) is 7.85. The summed E-state index contributed by atoms with van der Waals surface area (Å²) in [6, 6.07) is 18.9. The molecule has 2 heterocycles. The zero-order chi connectivity index (χ0) is 23.8. The van der Waals surface area contributed by atoms with Crippen LogP contribution in [0, 0.1) is 0 Å². The van der Waals surface area contributed by atoms with Crippen molar-refractivity contribution in [1.82, 2.24) is 20.2 Å². The molecule has 0 aliphatic rings. The molecule has 5 rings (SSSR count). The average molecular weight is 455 g/mol. The van der Waals surface area contributed by atoms with Crippen molar-refractivity contribution >= 4 is 33.8 Å². The predicted octanol–water partition coefficient (Wildman–Crippen LogP) is 4.18. The van der Waals surface area contributed by atoms with Crippen molar-refractivity contribution in [1.29, 1.82) is 0 Å². The third-order valence-electron chi connectivity index (χ3n) is 5.82. The van der Waals surface area contributed by atoms with Crippen LogP contribution in [0.15, 0.2) is 65.5 Å². The SMILES string of the molecule is COc1c(Cc2n[nH]c(=O)c3ccccc23)cccc1-c1ccc2[nH]c(N(C)C(=O)O)nc2c1. The Kier molecular flexibility index (Phi) is 5.21. The molecule has 0 radical (unpaired) electrons. The Morgan fingerprint density at radius 1 is 1.09 bits per heavy atom. The molecule has 0 fully saturated rings. The molecule has 2 aromatic heterocycles. The van der Waals surface area contributed by atoms with Gasteiger partial charge in [0.1, 0.15) is 5.75 Å². The molecule has 0 aliphatic heterocycles. The first kappa shape index (κ1) is 21.2. The molecule has 0 bridgehead atoms. The van der Waals surface area contributed by atoms with Crippen LogP contribution in [-0.2, 0) is 6.42 Å². The van der Waals surface area contributed by atoms with Crippen LogP contribution < -0.4 is 15.2 Å². The summed E-state index contributed by atoms with van der Waals surface area (Å²) in [6.45, 7) is 0. The minimum Gasteiger partial charge on any atom is -0.496 e. The van der Waals surface area contributed by atoms with Crippen LogP contribution in [0.4, 0.5) is 10.7 Å². The summed E-state index contributed by atoms with van der Waals surface area (Å²) in [6.07, 6.45) is -0.635. The molecule has 1 amide bonds. The highest BCUT2D eigenvalue weighted by Crippen LogP contribution is 2.36. The lowest BCUT2D eigenvalue weighted by atomic mass is 9.97. The van der Waals surface area contributed by atoms with Gasteiger partial charge >= 0.3 is 6.09 Å². The number of rotatable bonds is 5. The number of imidazole rings is 1. The van der Waals surface area contributed by atoms with E-state index in [9.17, 15) is 14.7 Å². The van der Waals surface area contributed by atoms with Gasteiger partial charge in [-0.05, 0) is 23.8 Å². The Bertz CT molecular complexity index is 1600. The summed E-state index contributed by atoms with van der Waals surface area (Å²) in [4.78, 5) is 31.9. The van der Waals surface area contributed by atoms with Crippen molar-refractivity contribution < 1.29 is 14.6 Å². The number of hydrogen-bond acceptors (Lipinski definition) is 5. The van der Waals surface area contributed by atoms with Crippen LogP contribution >= 0.6 is 0 Å². The first-order valence-electron chi connectivity index (χ1n) is 10.5. The summed E-state index contributed by atoms with van der Waals surface area (Å²) >= 11 is 0. The second kappa shape index (κ2) is 8.36. The van der Waals surface area contributed by atoms with Crippen LogP contribution in [-0.4, -0.2) is 45.5 Å². The number of H-pyrrole nitrogens is 2. The van der Waals surface area contributed by atoms with E-state index < -0.39 is 6.09 Å². The number of hydrogen-bond donors (Lipinski definition) is 3. The number of nitrogens with zero attached hydrogens (tertiary/aromatic N) is 3. The van der Waals surface area contributed by atoms with Gasteiger partial charge in [0, 0.05) is 30.0 Å². The van der Waals surface area contributed by atoms with Gasteiger partial charge in [-0.3, -0.25) is 9.69 Å². The van der Waals surface area contributed by atoms with Crippen LogP contribution in [0.25, 0.3) is 32.9 Å². The Morgan fingerprint density at radius 2 is 1.88 bits per heavy atom. The third-order valence-corrected chi connectivity index (χ3v) is 5.82. The normalized spacial score (nSPS) is 11.1. The van der Waals surface area contributed by atoms with Crippen molar-refractivity contribution in [3.8, 4) is 16.9 Å². The maximum atomic E-state index is 12.1. The number of benzene rings is 3. The highest BCUT2D eigenvalue weighted by molar-refractivity contribution is 5.89. The quantitative estimate of drug-likeness (QED) is 0.365. The first-order valence-corrected chi connectivity index (χ1v) is 10.5. The zero-order valence-corrected chi connectivity index (χ0v) is 18.5. The van der Waals surface area contributed by atoms with Gasteiger partial charge in [-0.15, -0.1) is 0 Å². The standard InChI is InChI=1S/C25H21N5O4/c1-30(25(32)33)24-26-19-11-10-14(12-21(19)27-24)16-9-5-6-15(22(16)34-2)13-20-17-7-3-4-8-18(17)23(31)29-28-20/h3-12H,13H2,1-2H3,(H,26,27)(H,29,31)(H,32,33). The topological polar surface area (TPSA) is 124 Å². The Labute approximate surface area is 193 Å². The largest absolute Gasteiger partial charge is 0.496 e. The summed E-state index contributed by atoms with van der Waals surface area (Å²) < 4.78 is 5.81. The lowest BCUT2D eigenvalue weighted by molar-refractivity contribution is 0.203. The monoisotopic (exact) mass is 455 g/mol. The van der Waals surface area contributed by atoms with E-state index in [-0.39, 0.29) is 11.5 Å². The Hall–Kier alpha value is -4.66. The molecule has 0 aliphatic carbocycles. The van der Waals surface area contributed by atoms with Gasteiger partial charge in [0.05, 0.1) is 29.2 Å². The summed E-state index contributed by atoms with van der Waals surface area (Å²) in [5.74, 6) is 0.939. The molecule has 0 saturated heterocycles. The van der Waals surface area contributed by atoms with E-state index in [1.54, 1.807) is 13.2 Å². The fraction of sp³-hybridized carbons (Fsp3) is 0.120. The Morgan fingerprint density at radius 3 is 2.65 bits per heavy atom. The minimum atomic E-state index is -1.10. The third kappa shape index (κ3) is 3.62. The smallest absolute Gasteiger partial charge is 0.413 e. The van der Waals surface area contributed by atoms with Gasteiger partial charge in [-0.1, -0.05) is 42.5 Å². The second-order valence-electron chi connectivity index (χ2n) is 7.85. The van der Waals surface area contributed by atoms with Crippen LogP contribution in [0.5, 0.6) is 5.75 Å². The highest BCUT2D eigenvalue weighted by Gasteiger charge is 2.17. The van der Waals surface area contributed by atoms with Crippen molar-refractivity contribution in [2.45, 2.75) is 6.42 Å². The molecule has 0 spiro atoms. The molecular weight excluding hydrogens is 434 g/mol. The van der Waals surface area contributed by atoms with E-state index in [1.165, 1.54) is 7.05 Å². The number of aromatic nitrogens is 4. The number of fused-ring (bicyclic) bond motifs is 2. The van der Waals surface area contributed by atoms with E-state index in [1.807, 2.05) is 54.6 Å². The van der Waals surface area contributed by atoms with Crippen LogP contribution in [0.1, 0.15) is 11.3 Å². The molecule has 5 aromatic rings. The molecule has 0 unspecified atom stereocenters. The number of nitrogens with one attached hydrogen (secondary N) is 2. The molecule has 0 atom stereocenters. The number of amides is 1. The predicted molar refractivity (Wildman–Crippen MR) is 130 cm³/mol.